The number of nitrogens with zero attached hydrogens (tertiary/aromatic N) is 2. The number of rotatable bonds is 2. The van der Waals surface area contributed by atoms with E-state index < -0.39 is 23.6 Å². The largest absolute Gasteiger partial charge is 0.491 e. The Morgan fingerprint density at radius 2 is 2.12 bits per heavy atom. The van der Waals surface area contributed by atoms with Crippen LogP contribution < -0.4 is 15.6 Å². The number of carbonyl (C=O) groups is 1. The second-order valence-electron chi connectivity index (χ2n) is 6.24. The van der Waals surface area contributed by atoms with Gasteiger partial charge in [0, 0.05) is 18.0 Å². The lowest BCUT2D eigenvalue weighted by Crippen LogP contribution is -2.47. The van der Waals surface area contributed by atoms with E-state index in [4.69, 9.17) is 4.74 Å². The number of hydrogen-bond acceptors (Lipinski definition) is 5. The number of aliphatic hydroxyl groups is 1. The van der Waals surface area contributed by atoms with Gasteiger partial charge in [0.15, 0.2) is 0 Å². The van der Waals surface area contributed by atoms with Crippen molar-refractivity contribution in [1.82, 2.24) is 14.7 Å². The Kier molecular flexibility index (Phi) is 3.93. The summed E-state index contributed by atoms with van der Waals surface area (Å²) < 4.78 is 6.93. The fourth-order valence-electron chi connectivity index (χ4n) is 3.11. The molecule has 3 aromatic rings. The number of aromatic nitrogens is 2. The summed E-state index contributed by atoms with van der Waals surface area (Å²) in [7, 11) is 0. The number of benzene rings is 1. The first-order valence-corrected chi connectivity index (χ1v) is 8.24. The molecule has 1 amide bonds. The van der Waals surface area contributed by atoms with Crippen LogP contribution in [0.4, 0.5) is 0 Å². The topological polar surface area (TPSA) is 92.9 Å². The predicted molar refractivity (Wildman–Crippen MR) is 94.4 cm³/mol. The molecule has 0 saturated carbocycles. The lowest BCUT2D eigenvalue weighted by atomic mass is 9.99. The van der Waals surface area contributed by atoms with E-state index >= 15 is 0 Å². The zero-order chi connectivity index (χ0) is 18.3. The molecule has 0 spiro atoms. The fraction of sp³-hybridized carbons (Fsp3) is 0.211. The quantitative estimate of drug-likeness (QED) is 0.724. The highest BCUT2D eigenvalue weighted by Gasteiger charge is 2.31. The molecule has 2 aromatic heterocycles. The van der Waals surface area contributed by atoms with Gasteiger partial charge in [0.2, 0.25) is 0 Å². The molecule has 1 aliphatic heterocycles. The Hall–Kier alpha value is -3.19. The van der Waals surface area contributed by atoms with E-state index in [0.29, 0.717) is 17.0 Å². The third kappa shape index (κ3) is 2.62. The monoisotopic (exact) mass is 351 g/mol. The van der Waals surface area contributed by atoms with E-state index in [1.807, 2.05) is 19.1 Å². The SMILES string of the molecule is Cc1cccn2c(=O)c(C(=O)N[C@@H]3COc4ccccc4[C@H]3O)cnc12. The average molecular weight is 351 g/mol. The van der Waals surface area contributed by atoms with Gasteiger partial charge < -0.3 is 15.2 Å². The van der Waals surface area contributed by atoms with Gasteiger partial charge in [-0.2, -0.15) is 0 Å². The van der Waals surface area contributed by atoms with E-state index in [0.717, 1.165) is 5.56 Å². The van der Waals surface area contributed by atoms with Crippen molar-refractivity contribution in [3.05, 3.63) is 75.8 Å². The first kappa shape index (κ1) is 16.3. The number of nitrogens with one attached hydrogen (secondary N) is 1. The lowest BCUT2D eigenvalue weighted by Gasteiger charge is -2.30. The second-order valence-corrected chi connectivity index (χ2v) is 6.24. The first-order valence-electron chi connectivity index (χ1n) is 8.24. The van der Waals surface area contributed by atoms with Gasteiger partial charge in [0.05, 0.1) is 6.04 Å². The fourth-order valence-corrected chi connectivity index (χ4v) is 3.11. The molecule has 4 rings (SSSR count). The number of para-hydroxylation sites is 1. The van der Waals surface area contributed by atoms with E-state index in [1.54, 1.807) is 30.5 Å². The Labute approximate surface area is 148 Å². The molecule has 7 heteroatoms. The van der Waals surface area contributed by atoms with Crippen molar-refractivity contribution < 1.29 is 14.6 Å². The van der Waals surface area contributed by atoms with Crippen LogP contribution >= 0.6 is 0 Å². The van der Waals surface area contributed by atoms with Crippen LogP contribution in [0.2, 0.25) is 0 Å². The summed E-state index contributed by atoms with van der Waals surface area (Å²) in [4.78, 5) is 29.4. The van der Waals surface area contributed by atoms with Gasteiger partial charge in [-0.3, -0.25) is 14.0 Å². The molecular formula is C19H17N3O4. The van der Waals surface area contributed by atoms with Gasteiger partial charge in [0.25, 0.3) is 11.5 Å². The number of aliphatic hydroxyl groups excluding tert-OH is 1. The standard InChI is InChI=1S/C19H17N3O4/c1-11-5-4-8-22-17(11)20-9-13(19(22)25)18(24)21-14-10-26-15-7-3-2-6-12(15)16(14)23/h2-9,14,16,23H,10H2,1H3,(H,21,24)/t14-,16-/m1/s1. The van der Waals surface area contributed by atoms with E-state index in [1.165, 1.54) is 10.6 Å². The molecule has 0 bridgehead atoms. The third-order valence-corrected chi connectivity index (χ3v) is 4.53. The summed E-state index contributed by atoms with van der Waals surface area (Å²) in [6.07, 6.45) is 1.93. The second kappa shape index (κ2) is 6.27. The maximum Gasteiger partial charge on any atom is 0.270 e. The van der Waals surface area contributed by atoms with E-state index in [-0.39, 0.29) is 12.2 Å². The van der Waals surface area contributed by atoms with Gasteiger partial charge in [-0.25, -0.2) is 4.98 Å². The van der Waals surface area contributed by atoms with Crippen molar-refractivity contribution in [2.24, 2.45) is 0 Å². The zero-order valence-electron chi connectivity index (χ0n) is 14.0. The third-order valence-electron chi connectivity index (χ3n) is 4.53. The summed E-state index contributed by atoms with van der Waals surface area (Å²) in [5, 5.41) is 13.2. The summed E-state index contributed by atoms with van der Waals surface area (Å²) >= 11 is 0. The molecule has 0 fully saturated rings. The summed E-state index contributed by atoms with van der Waals surface area (Å²) in [6.45, 7) is 1.96. The Morgan fingerprint density at radius 1 is 1.31 bits per heavy atom. The molecule has 132 valence electrons. The molecule has 2 atom stereocenters. The molecule has 3 heterocycles. The molecule has 2 N–H and O–H groups in total. The van der Waals surface area contributed by atoms with E-state index in [9.17, 15) is 14.7 Å². The first-order chi connectivity index (χ1) is 12.6. The van der Waals surface area contributed by atoms with Crippen molar-refractivity contribution >= 4 is 11.6 Å². The van der Waals surface area contributed by atoms with Crippen LogP contribution in [0.1, 0.15) is 27.6 Å². The minimum Gasteiger partial charge on any atom is -0.491 e. The highest BCUT2D eigenvalue weighted by atomic mass is 16.5. The van der Waals surface area contributed by atoms with Gasteiger partial charge in [-0.1, -0.05) is 24.3 Å². The molecular weight excluding hydrogens is 334 g/mol. The zero-order valence-corrected chi connectivity index (χ0v) is 14.0. The molecule has 26 heavy (non-hydrogen) atoms. The molecule has 1 aromatic carbocycles. The smallest absolute Gasteiger partial charge is 0.270 e. The van der Waals surface area contributed by atoms with Crippen molar-refractivity contribution in [2.75, 3.05) is 6.61 Å². The number of pyridine rings is 1. The van der Waals surface area contributed by atoms with Crippen molar-refractivity contribution in [1.29, 1.82) is 0 Å². The minimum absolute atomic E-state index is 0.0841. The molecule has 0 saturated heterocycles. The Bertz CT molecular complexity index is 1060. The highest BCUT2D eigenvalue weighted by Crippen LogP contribution is 2.31. The van der Waals surface area contributed by atoms with Crippen molar-refractivity contribution in [3.63, 3.8) is 0 Å². The van der Waals surface area contributed by atoms with Gasteiger partial charge in [0.1, 0.15) is 29.7 Å². The van der Waals surface area contributed by atoms with Crippen LogP contribution in [0.5, 0.6) is 5.75 Å². The van der Waals surface area contributed by atoms with Crippen molar-refractivity contribution in [3.8, 4) is 5.75 Å². The van der Waals surface area contributed by atoms with Crippen LogP contribution in [-0.4, -0.2) is 33.0 Å². The molecule has 0 aliphatic carbocycles. The Balaban J connectivity index is 1.63. The number of aryl methyl sites for hydroxylation is 1. The normalized spacial score (nSPS) is 18.8. The molecule has 1 aliphatic rings. The maximum absolute atomic E-state index is 12.6. The van der Waals surface area contributed by atoms with Gasteiger partial charge in [-0.15, -0.1) is 0 Å². The van der Waals surface area contributed by atoms with Crippen LogP contribution in [-0.2, 0) is 0 Å². The van der Waals surface area contributed by atoms with E-state index in [2.05, 4.69) is 10.3 Å². The number of hydrogen-bond donors (Lipinski definition) is 2. The summed E-state index contributed by atoms with van der Waals surface area (Å²) in [6, 6.07) is 10.0. The lowest BCUT2D eigenvalue weighted by molar-refractivity contribution is 0.0615. The molecule has 7 nitrogen and oxygen atoms in total. The van der Waals surface area contributed by atoms with Gasteiger partial charge >= 0.3 is 0 Å². The maximum atomic E-state index is 12.6. The minimum atomic E-state index is -0.915. The van der Waals surface area contributed by atoms with Crippen molar-refractivity contribution in [2.45, 2.75) is 19.1 Å². The average Bonchev–Trinajstić information content (AvgIpc) is 2.65. The van der Waals surface area contributed by atoms with Crippen LogP contribution in [0.3, 0.4) is 0 Å². The number of ether oxygens (including phenoxy) is 1. The highest BCUT2D eigenvalue weighted by molar-refractivity contribution is 5.94. The van der Waals surface area contributed by atoms with Crippen LogP contribution in [0.25, 0.3) is 5.65 Å². The summed E-state index contributed by atoms with van der Waals surface area (Å²) in [5.41, 5.74) is 1.41. The predicted octanol–water partition coefficient (Wildman–Crippen LogP) is 1.23. The Morgan fingerprint density at radius 3 is 2.96 bits per heavy atom. The number of amides is 1. The molecule has 0 radical (unpaired) electrons. The summed E-state index contributed by atoms with van der Waals surface area (Å²) in [5.74, 6) is -0.00106. The number of fused-ring (bicyclic) bond motifs is 2. The molecule has 0 unspecified atom stereocenters. The van der Waals surface area contributed by atoms with Gasteiger partial charge in [-0.05, 0) is 24.6 Å². The van der Waals surface area contributed by atoms with Crippen LogP contribution in [0, 0.1) is 6.92 Å². The van der Waals surface area contributed by atoms with Crippen LogP contribution in [0.15, 0.2) is 53.6 Å². The number of carbonyl (C=O) groups excluding carboxylic acids is 1.